The number of nitrogens with two attached hydrogens (primary N) is 1. The number of carbonyl (C=O) groups excluding carboxylic acids is 2. The summed E-state index contributed by atoms with van der Waals surface area (Å²) < 4.78 is 0. The van der Waals surface area contributed by atoms with Crippen LogP contribution in [0.15, 0.2) is 24.4 Å². The lowest BCUT2D eigenvalue weighted by molar-refractivity contribution is -0.116. The van der Waals surface area contributed by atoms with E-state index in [0.29, 0.717) is 37.1 Å². The van der Waals surface area contributed by atoms with Crippen molar-refractivity contribution in [1.29, 1.82) is 0 Å². The molecule has 3 N–H and O–H groups in total. The van der Waals surface area contributed by atoms with Crippen molar-refractivity contribution in [2.45, 2.75) is 6.42 Å². The number of pyridine rings is 1. The average molecular weight is 246 g/mol. The lowest BCUT2D eigenvalue weighted by Gasteiger charge is -2.13. The van der Waals surface area contributed by atoms with Crippen LogP contribution >= 0.6 is 0 Å². The molecule has 2 heterocycles. The molecule has 0 atom stereocenters. The number of carbonyl (C=O) groups is 2. The molecule has 0 saturated heterocycles. The van der Waals surface area contributed by atoms with Crippen LogP contribution in [0, 0.1) is 0 Å². The zero-order valence-electron chi connectivity index (χ0n) is 9.80. The highest BCUT2D eigenvalue weighted by atomic mass is 16.2. The number of amides is 2. The average Bonchev–Trinajstić information content (AvgIpc) is 2.83. The molecule has 0 bridgehead atoms. The number of fused-ring (bicyclic) bond motifs is 1. The summed E-state index contributed by atoms with van der Waals surface area (Å²) in [4.78, 5) is 31.1. The number of hydrogen-bond donors (Lipinski definition) is 2. The molecule has 0 spiro atoms. The minimum absolute atomic E-state index is 0.321. The first kappa shape index (κ1) is 12.3. The molecular weight excluding hydrogens is 232 g/mol. The Morgan fingerprint density at radius 3 is 3.06 bits per heavy atom. The zero-order valence-corrected chi connectivity index (χ0v) is 9.80. The molecule has 0 aliphatic rings. The van der Waals surface area contributed by atoms with E-state index in [2.05, 4.69) is 9.97 Å². The quantitative estimate of drug-likeness (QED) is 0.752. The molecule has 0 aromatic carbocycles. The fourth-order valence-corrected chi connectivity index (χ4v) is 1.69. The molecule has 2 amide bonds. The van der Waals surface area contributed by atoms with Crippen molar-refractivity contribution in [3.05, 3.63) is 30.1 Å². The maximum Gasteiger partial charge on any atom is 0.276 e. The van der Waals surface area contributed by atoms with Crippen molar-refractivity contribution in [2.75, 3.05) is 13.1 Å². The monoisotopic (exact) mass is 246 g/mol. The predicted molar refractivity (Wildman–Crippen MR) is 66.9 cm³/mol. The maximum absolute atomic E-state index is 12.0. The number of aromatic nitrogens is 2. The van der Waals surface area contributed by atoms with E-state index < -0.39 is 0 Å². The first-order valence-corrected chi connectivity index (χ1v) is 5.66. The van der Waals surface area contributed by atoms with Crippen molar-refractivity contribution in [2.24, 2.45) is 5.73 Å². The molecule has 0 aliphatic heterocycles. The van der Waals surface area contributed by atoms with Crippen molar-refractivity contribution in [1.82, 2.24) is 14.9 Å². The van der Waals surface area contributed by atoms with Gasteiger partial charge in [-0.15, -0.1) is 0 Å². The van der Waals surface area contributed by atoms with Gasteiger partial charge in [0.05, 0.1) is 11.0 Å². The van der Waals surface area contributed by atoms with Gasteiger partial charge >= 0.3 is 0 Å². The van der Waals surface area contributed by atoms with Gasteiger partial charge < -0.3 is 10.7 Å². The first-order valence-electron chi connectivity index (χ1n) is 5.66. The van der Waals surface area contributed by atoms with Crippen LogP contribution in [0.4, 0.5) is 0 Å². The molecule has 2 rings (SSSR count). The van der Waals surface area contributed by atoms with E-state index in [0.717, 1.165) is 10.4 Å². The van der Waals surface area contributed by atoms with Crippen LogP contribution in [-0.4, -0.2) is 40.3 Å². The van der Waals surface area contributed by atoms with Gasteiger partial charge in [0, 0.05) is 12.7 Å². The van der Waals surface area contributed by atoms with Crippen molar-refractivity contribution in [3.8, 4) is 0 Å². The van der Waals surface area contributed by atoms with E-state index in [1.54, 1.807) is 18.3 Å². The van der Waals surface area contributed by atoms with Gasteiger partial charge in [-0.05, 0) is 31.2 Å². The number of hydrogen-bond acceptors (Lipinski definition) is 4. The number of H-pyrrole nitrogens is 1. The molecular formula is C12H14N4O2. The van der Waals surface area contributed by atoms with Gasteiger partial charge in [-0.25, -0.2) is 0 Å². The molecule has 94 valence electrons. The Kier molecular flexibility index (Phi) is 3.69. The standard InChI is InChI=1S/C12H14N4O2/c13-4-2-6-16(8-17)12(18)11-7-10-9(15-11)3-1-5-14-10/h1,3,5,7-8,15H,2,4,6,13H2. The fourth-order valence-electron chi connectivity index (χ4n) is 1.69. The lowest BCUT2D eigenvalue weighted by Crippen LogP contribution is -2.31. The Bertz CT molecular complexity index is 531. The van der Waals surface area contributed by atoms with Gasteiger partial charge in [-0.2, -0.15) is 0 Å². The summed E-state index contributed by atoms with van der Waals surface area (Å²) in [5.74, 6) is -0.364. The van der Waals surface area contributed by atoms with Crippen LogP contribution in [-0.2, 0) is 4.79 Å². The molecule has 0 radical (unpaired) electrons. The maximum atomic E-state index is 12.0. The number of nitrogens with zero attached hydrogens (tertiary/aromatic N) is 2. The third-order valence-electron chi connectivity index (χ3n) is 2.61. The van der Waals surface area contributed by atoms with E-state index >= 15 is 0 Å². The summed E-state index contributed by atoms with van der Waals surface area (Å²) in [6, 6.07) is 5.24. The molecule has 6 heteroatoms. The molecule has 0 saturated carbocycles. The van der Waals surface area contributed by atoms with Gasteiger partial charge in [-0.1, -0.05) is 0 Å². The Hall–Kier alpha value is -2.21. The molecule has 6 nitrogen and oxygen atoms in total. The van der Waals surface area contributed by atoms with Crippen molar-refractivity contribution >= 4 is 23.4 Å². The van der Waals surface area contributed by atoms with Gasteiger partial charge in [0.15, 0.2) is 0 Å². The zero-order chi connectivity index (χ0) is 13.0. The largest absolute Gasteiger partial charge is 0.349 e. The smallest absolute Gasteiger partial charge is 0.276 e. The minimum Gasteiger partial charge on any atom is -0.349 e. The highest BCUT2D eigenvalue weighted by Crippen LogP contribution is 2.13. The Morgan fingerprint density at radius 2 is 2.39 bits per heavy atom. The van der Waals surface area contributed by atoms with Gasteiger partial charge in [-0.3, -0.25) is 19.5 Å². The predicted octanol–water partition coefficient (Wildman–Crippen LogP) is 0.510. The van der Waals surface area contributed by atoms with Crippen LogP contribution in [0.2, 0.25) is 0 Å². The SMILES string of the molecule is NCCCN(C=O)C(=O)c1cc2ncccc2[nH]1. The summed E-state index contributed by atoms with van der Waals surface area (Å²) in [6.45, 7) is 0.757. The first-order chi connectivity index (χ1) is 8.76. The second kappa shape index (κ2) is 5.42. The normalized spacial score (nSPS) is 10.5. The highest BCUT2D eigenvalue weighted by molar-refractivity contribution is 6.01. The number of aromatic amines is 1. The second-order valence-corrected chi connectivity index (χ2v) is 3.87. The number of rotatable bonds is 5. The summed E-state index contributed by atoms with van der Waals surface area (Å²) in [5.41, 5.74) is 7.18. The summed E-state index contributed by atoms with van der Waals surface area (Å²) >= 11 is 0. The van der Waals surface area contributed by atoms with E-state index in [1.165, 1.54) is 0 Å². The van der Waals surface area contributed by atoms with Crippen molar-refractivity contribution in [3.63, 3.8) is 0 Å². The van der Waals surface area contributed by atoms with Gasteiger partial charge in [0.2, 0.25) is 6.41 Å². The van der Waals surface area contributed by atoms with Crippen molar-refractivity contribution < 1.29 is 9.59 Å². The van der Waals surface area contributed by atoms with E-state index in [9.17, 15) is 9.59 Å². The molecule has 0 fully saturated rings. The number of imide groups is 1. The van der Waals surface area contributed by atoms with Gasteiger partial charge in [0.25, 0.3) is 5.91 Å². The highest BCUT2D eigenvalue weighted by Gasteiger charge is 2.16. The van der Waals surface area contributed by atoms with Crippen LogP contribution in [0.3, 0.4) is 0 Å². The van der Waals surface area contributed by atoms with Crippen LogP contribution < -0.4 is 5.73 Å². The third-order valence-corrected chi connectivity index (χ3v) is 2.61. The molecule has 18 heavy (non-hydrogen) atoms. The van der Waals surface area contributed by atoms with E-state index in [4.69, 9.17) is 5.73 Å². The van der Waals surface area contributed by atoms with Gasteiger partial charge in [0.1, 0.15) is 5.69 Å². The Morgan fingerprint density at radius 1 is 1.56 bits per heavy atom. The lowest BCUT2D eigenvalue weighted by atomic mass is 10.3. The van der Waals surface area contributed by atoms with Crippen LogP contribution in [0.25, 0.3) is 11.0 Å². The summed E-state index contributed by atoms with van der Waals surface area (Å²) in [5, 5.41) is 0. The number of nitrogens with one attached hydrogen (secondary N) is 1. The molecule has 0 unspecified atom stereocenters. The second-order valence-electron chi connectivity index (χ2n) is 3.87. The molecule has 2 aromatic rings. The topological polar surface area (TPSA) is 92.1 Å². The summed E-state index contributed by atoms with van der Waals surface area (Å²) in [7, 11) is 0. The summed E-state index contributed by atoms with van der Waals surface area (Å²) in [6.07, 6.45) is 2.76. The minimum atomic E-state index is -0.364. The van der Waals surface area contributed by atoms with E-state index in [-0.39, 0.29) is 5.91 Å². The fraction of sp³-hybridized carbons (Fsp3) is 0.250. The van der Waals surface area contributed by atoms with Crippen LogP contribution in [0.1, 0.15) is 16.9 Å². The Labute approximate surface area is 104 Å². The van der Waals surface area contributed by atoms with Crippen LogP contribution in [0.5, 0.6) is 0 Å². The molecule has 0 aliphatic carbocycles. The molecule has 2 aromatic heterocycles. The third kappa shape index (κ3) is 2.38. The Balaban J connectivity index is 2.23. The van der Waals surface area contributed by atoms with E-state index in [1.807, 2.05) is 6.07 Å².